The molecular formula is C11H26O6P2. The minimum atomic E-state index is -3.64. The second-order valence-electron chi connectivity index (χ2n) is 4.29. The van der Waals surface area contributed by atoms with Gasteiger partial charge < -0.3 is 23.8 Å². The van der Waals surface area contributed by atoms with Crippen molar-refractivity contribution >= 4 is 14.7 Å². The van der Waals surface area contributed by atoms with Gasteiger partial charge in [0.05, 0.1) is 13.2 Å². The van der Waals surface area contributed by atoms with Gasteiger partial charge in [-0.05, 0) is 34.1 Å². The van der Waals surface area contributed by atoms with Gasteiger partial charge in [-0.25, -0.2) is 0 Å². The summed E-state index contributed by atoms with van der Waals surface area (Å²) < 4.78 is 36.1. The van der Waals surface area contributed by atoms with Crippen molar-refractivity contribution in [3.8, 4) is 0 Å². The Balaban J connectivity index is 5.71. The molecule has 0 aliphatic carbocycles. The van der Waals surface area contributed by atoms with Crippen molar-refractivity contribution in [2.45, 2.75) is 58.1 Å². The lowest BCUT2D eigenvalue weighted by atomic mass is 10.6. The average Bonchev–Trinajstić information content (AvgIpc) is 2.29. The summed E-state index contributed by atoms with van der Waals surface area (Å²) in [5, 5.41) is 18.6. The van der Waals surface area contributed by atoms with Gasteiger partial charge >= 0.3 is 7.60 Å². The molecule has 2 N–H and O–H groups in total. The molecule has 0 bridgehead atoms. The van der Waals surface area contributed by atoms with Crippen LogP contribution in [0.4, 0.5) is 0 Å². The normalized spacial score (nSPS) is 20.6. The third-order valence-corrected chi connectivity index (χ3v) is 10.9. The second kappa shape index (κ2) is 7.92. The number of rotatable bonds is 9. The first-order valence-corrected chi connectivity index (χ1v) is 10.1. The molecular weight excluding hydrogens is 290 g/mol. The second-order valence-corrected chi connectivity index (χ2v) is 10.6. The summed E-state index contributed by atoms with van der Waals surface area (Å²) in [6.07, 6.45) is 0.227. The molecule has 0 radical (unpaired) electrons. The fourth-order valence-corrected chi connectivity index (χ4v) is 9.21. The first-order valence-electron chi connectivity index (χ1n) is 6.54. The number of hydrogen-bond donors (Lipinski definition) is 2. The Morgan fingerprint density at radius 1 is 0.947 bits per heavy atom. The number of aliphatic hydroxyl groups is 2. The van der Waals surface area contributed by atoms with Crippen LogP contribution in [0.3, 0.4) is 0 Å². The molecule has 0 aliphatic heterocycles. The molecule has 3 atom stereocenters. The summed E-state index contributed by atoms with van der Waals surface area (Å²) in [7, 11) is -7.20. The van der Waals surface area contributed by atoms with Gasteiger partial charge in [0.2, 0.25) is 0 Å². The zero-order valence-corrected chi connectivity index (χ0v) is 14.1. The largest absolute Gasteiger partial charge is 0.386 e. The third-order valence-electron chi connectivity index (χ3n) is 2.98. The summed E-state index contributed by atoms with van der Waals surface area (Å²) in [5.74, 6) is -2.54. The molecule has 6 nitrogen and oxygen atoms in total. The van der Waals surface area contributed by atoms with Gasteiger partial charge in [0.25, 0.3) is 0 Å². The van der Waals surface area contributed by atoms with E-state index in [4.69, 9.17) is 9.05 Å². The molecule has 0 aromatic rings. The maximum Gasteiger partial charge on any atom is 0.341 e. The summed E-state index contributed by atoms with van der Waals surface area (Å²) in [5.41, 5.74) is 0. The van der Waals surface area contributed by atoms with E-state index in [1.165, 1.54) is 13.8 Å². The van der Waals surface area contributed by atoms with Crippen molar-refractivity contribution < 1.29 is 28.4 Å². The van der Waals surface area contributed by atoms with Gasteiger partial charge in [-0.15, -0.1) is 0 Å². The monoisotopic (exact) mass is 316 g/mol. The Bertz CT molecular complexity index is 333. The molecule has 0 aromatic heterocycles. The molecule has 0 amide bonds. The van der Waals surface area contributed by atoms with E-state index in [-0.39, 0.29) is 19.6 Å². The molecule has 0 saturated heterocycles. The Labute approximate surface area is 115 Å². The molecule has 0 rings (SSSR count). The highest BCUT2D eigenvalue weighted by molar-refractivity contribution is 7.78. The summed E-state index contributed by atoms with van der Waals surface area (Å²) in [6, 6.07) is 0. The van der Waals surface area contributed by atoms with E-state index in [0.717, 1.165) is 0 Å². The Hall–Kier alpha value is 0.300. The van der Waals surface area contributed by atoms with Crippen molar-refractivity contribution in [3.63, 3.8) is 0 Å². The maximum absolute atomic E-state index is 12.9. The molecule has 0 heterocycles. The smallest absolute Gasteiger partial charge is 0.341 e. The van der Waals surface area contributed by atoms with Crippen LogP contribution in [0, 0.1) is 0 Å². The lowest BCUT2D eigenvalue weighted by Crippen LogP contribution is -2.25. The fourth-order valence-electron chi connectivity index (χ4n) is 2.11. The predicted octanol–water partition coefficient (Wildman–Crippen LogP) is 3.03. The fraction of sp³-hybridized carbons (Fsp3) is 1.00. The Morgan fingerprint density at radius 2 is 1.32 bits per heavy atom. The summed E-state index contributed by atoms with van der Waals surface area (Å²) >= 11 is 0. The van der Waals surface area contributed by atoms with Crippen LogP contribution in [0.5, 0.6) is 0 Å². The van der Waals surface area contributed by atoms with E-state index < -0.39 is 31.8 Å². The van der Waals surface area contributed by atoms with Crippen LogP contribution in [-0.4, -0.2) is 40.5 Å². The molecule has 0 fully saturated rings. The molecule has 0 spiro atoms. The minimum absolute atomic E-state index is 0.146. The predicted molar refractivity (Wildman–Crippen MR) is 75.9 cm³/mol. The Morgan fingerprint density at radius 3 is 1.53 bits per heavy atom. The quantitative estimate of drug-likeness (QED) is 0.635. The van der Waals surface area contributed by atoms with Crippen LogP contribution >= 0.6 is 14.7 Å². The standard InChI is InChI=1S/C11H26O6P2/c1-6-11(18(14,9(4)12)10(5)13)19(15,16-7-2)17-8-3/h9-13H,6-8H2,1-5H3. The van der Waals surface area contributed by atoms with Gasteiger partial charge in [0, 0.05) is 0 Å². The van der Waals surface area contributed by atoms with Crippen molar-refractivity contribution in [1.82, 2.24) is 0 Å². The van der Waals surface area contributed by atoms with E-state index in [2.05, 4.69) is 0 Å². The summed E-state index contributed by atoms with van der Waals surface area (Å²) in [6.45, 7) is 7.96. The van der Waals surface area contributed by atoms with Gasteiger partial charge in [-0.1, -0.05) is 6.92 Å². The first-order chi connectivity index (χ1) is 8.70. The lowest BCUT2D eigenvalue weighted by Gasteiger charge is -2.35. The molecule has 0 saturated carbocycles. The van der Waals surface area contributed by atoms with Gasteiger partial charge in [-0.3, -0.25) is 4.57 Å². The Kier molecular flexibility index (Phi) is 8.04. The molecule has 3 unspecified atom stereocenters. The molecule has 0 aliphatic rings. The van der Waals surface area contributed by atoms with Crippen LogP contribution in [0.1, 0.15) is 41.0 Å². The van der Waals surface area contributed by atoms with Gasteiger partial charge in [0.15, 0.2) is 7.14 Å². The van der Waals surface area contributed by atoms with Crippen molar-refractivity contribution in [1.29, 1.82) is 0 Å². The van der Waals surface area contributed by atoms with Gasteiger partial charge in [-0.2, -0.15) is 0 Å². The van der Waals surface area contributed by atoms with E-state index in [1.807, 2.05) is 0 Å². The zero-order valence-electron chi connectivity index (χ0n) is 12.3. The van der Waals surface area contributed by atoms with Crippen molar-refractivity contribution in [2.75, 3.05) is 13.2 Å². The van der Waals surface area contributed by atoms with E-state index >= 15 is 0 Å². The average molecular weight is 316 g/mol. The first kappa shape index (κ1) is 19.3. The maximum atomic E-state index is 12.9. The highest BCUT2D eigenvalue weighted by Gasteiger charge is 2.51. The summed E-state index contributed by atoms with van der Waals surface area (Å²) in [4.78, 5) is 0. The highest BCUT2D eigenvalue weighted by atomic mass is 31.2. The van der Waals surface area contributed by atoms with Crippen LogP contribution in [0.25, 0.3) is 0 Å². The number of aliphatic hydroxyl groups excluding tert-OH is 2. The highest BCUT2D eigenvalue weighted by Crippen LogP contribution is 2.73. The zero-order chi connectivity index (χ0) is 15.3. The van der Waals surface area contributed by atoms with Crippen LogP contribution in [0.2, 0.25) is 0 Å². The van der Waals surface area contributed by atoms with Gasteiger partial charge in [0.1, 0.15) is 17.1 Å². The third kappa shape index (κ3) is 4.13. The van der Waals surface area contributed by atoms with E-state index in [0.29, 0.717) is 0 Å². The lowest BCUT2D eigenvalue weighted by molar-refractivity contribution is 0.205. The van der Waals surface area contributed by atoms with E-state index in [1.54, 1.807) is 20.8 Å². The minimum Gasteiger partial charge on any atom is -0.386 e. The molecule has 19 heavy (non-hydrogen) atoms. The van der Waals surface area contributed by atoms with Crippen LogP contribution < -0.4 is 0 Å². The van der Waals surface area contributed by atoms with Crippen molar-refractivity contribution in [2.24, 2.45) is 0 Å². The topological polar surface area (TPSA) is 93.1 Å². The number of hydrogen-bond acceptors (Lipinski definition) is 6. The van der Waals surface area contributed by atoms with Crippen LogP contribution in [-0.2, 0) is 18.2 Å². The van der Waals surface area contributed by atoms with Crippen molar-refractivity contribution in [3.05, 3.63) is 0 Å². The van der Waals surface area contributed by atoms with Crippen LogP contribution in [0.15, 0.2) is 0 Å². The molecule has 0 aromatic carbocycles. The van der Waals surface area contributed by atoms with E-state index in [9.17, 15) is 19.3 Å². The molecule has 116 valence electrons. The SMILES string of the molecule is CCOP(=O)(OCC)C(CC)P(=O)(C(C)O)C(C)O. The molecule has 8 heteroatoms.